The van der Waals surface area contributed by atoms with Gasteiger partial charge in [-0.2, -0.15) is 0 Å². The number of nitrogens with one attached hydrogen (secondary N) is 3. The fourth-order valence-corrected chi connectivity index (χ4v) is 3.77. The van der Waals surface area contributed by atoms with Crippen LogP contribution in [0.15, 0.2) is 47.3 Å². The van der Waals surface area contributed by atoms with Gasteiger partial charge in [-0.05, 0) is 35.8 Å². The van der Waals surface area contributed by atoms with Gasteiger partial charge in [-0.15, -0.1) is 0 Å². The van der Waals surface area contributed by atoms with E-state index in [0.717, 1.165) is 29.7 Å². The van der Waals surface area contributed by atoms with Gasteiger partial charge in [0.15, 0.2) is 0 Å². The lowest BCUT2D eigenvalue weighted by molar-refractivity contribution is 0.0680. The Morgan fingerprint density at radius 2 is 1.77 bits per heavy atom. The second-order valence-electron chi connectivity index (χ2n) is 6.54. The number of benzene rings is 2. The standard InChI is InChI=1S/C20H18F2N4O3S/c21-12-9-13(22)11-16(10-12)29-15-3-1-14(2-4-15)24-20-17(19(27)25-30-20)18(23)26-5-7-28-8-6-26/h1-4,9-11,23-24H,5-8H2,(H,25,27). The predicted octanol–water partition coefficient (Wildman–Crippen LogP) is 3.91. The predicted molar refractivity (Wildman–Crippen MR) is 110 cm³/mol. The summed E-state index contributed by atoms with van der Waals surface area (Å²) < 4.78 is 40.0. The van der Waals surface area contributed by atoms with Crippen LogP contribution in [0.4, 0.5) is 19.5 Å². The molecule has 1 saturated heterocycles. The van der Waals surface area contributed by atoms with Crippen molar-refractivity contribution in [2.24, 2.45) is 0 Å². The molecule has 0 bridgehead atoms. The molecule has 156 valence electrons. The highest BCUT2D eigenvalue weighted by molar-refractivity contribution is 7.10. The molecule has 1 aromatic heterocycles. The summed E-state index contributed by atoms with van der Waals surface area (Å²) >= 11 is 1.11. The molecule has 10 heteroatoms. The van der Waals surface area contributed by atoms with E-state index in [0.29, 0.717) is 42.7 Å². The minimum absolute atomic E-state index is 0.0540. The van der Waals surface area contributed by atoms with Crippen LogP contribution in [0, 0.1) is 17.0 Å². The van der Waals surface area contributed by atoms with Gasteiger partial charge in [0.2, 0.25) is 0 Å². The zero-order valence-electron chi connectivity index (χ0n) is 15.7. The summed E-state index contributed by atoms with van der Waals surface area (Å²) in [5.41, 5.74) is 0.614. The summed E-state index contributed by atoms with van der Waals surface area (Å²) in [6, 6.07) is 9.63. The van der Waals surface area contributed by atoms with Crippen LogP contribution in [0.2, 0.25) is 0 Å². The highest BCUT2D eigenvalue weighted by atomic mass is 32.1. The third kappa shape index (κ3) is 4.50. The number of nitrogens with zero attached hydrogens (tertiary/aromatic N) is 1. The molecule has 2 heterocycles. The Bertz CT molecular complexity index is 1090. The fourth-order valence-electron chi connectivity index (χ4n) is 3.01. The lowest BCUT2D eigenvalue weighted by Gasteiger charge is -2.28. The Kier molecular flexibility index (Phi) is 5.77. The molecular formula is C20H18F2N4O3S. The Hall–Kier alpha value is -3.24. The molecule has 0 unspecified atom stereocenters. The van der Waals surface area contributed by atoms with E-state index in [1.54, 1.807) is 29.2 Å². The van der Waals surface area contributed by atoms with Gasteiger partial charge in [0, 0.05) is 37.0 Å². The van der Waals surface area contributed by atoms with Gasteiger partial charge < -0.3 is 19.7 Å². The lowest BCUT2D eigenvalue weighted by Crippen LogP contribution is -2.42. The van der Waals surface area contributed by atoms with Crippen molar-refractivity contribution in [1.82, 2.24) is 9.27 Å². The van der Waals surface area contributed by atoms with Crippen LogP contribution in [0.25, 0.3) is 0 Å². The molecule has 3 N–H and O–H groups in total. The van der Waals surface area contributed by atoms with Crippen molar-refractivity contribution >= 4 is 28.1 Å². The van der Waals surface area contributed by atoms with E-state index in [-0.39, 0.29) is 22.7 Å². The highest BCUT2D eigenvalue weighted by Gasteiger charge is 2.22. The number of amidine groups is 1. The summed E-state index contributed by atoms with van der Waals surface area (Å²) in [7, 11) is 0. The van der Waals surface area contributed by atoms with Crippen molar-refractivity contribution in [2.45, 2.75) is 0 Å². The Morgan fingerprint density at radius 1 is 1.10 bits per heavy atom. The second-order valence-corrected chi connectivity index (χ2v) is 7.36. The Morgan fingerprint density at radius 3 is 2.43 bits per heavy atom. The number of aromatic nitrogens is 1. The van der Waals surface area contributed by atoms with Gasteiger partial charge in [-0.3, -0.25) is 14.6 Å². The summed E-state index contributed by atoms with van der Waals surface area (Å²) in [6.45, 7) is 2.15. The number of halogens is 2. The first kappa shape index (κ1) is 20.0. The third-order valence-electron chi connectivity index (χ3n) is 4.45. The molecule has 0 aliphatic carbocycles. The molecule has 1 fully saturated rings. The van der Waals surface area contributed by atoms with Crippen LogP contribution in [-0.2, 0) is 4.74 Å². The molecule has 0 saturated carbocycles. The summed E-state index contributed by atoms with van der Waals surface area (Å²) in [5.74, 6) is -0.842. The molecule has 0 spiro atoms. The van der Waals surface area contributed by atoms with E-state index in [9.17, 15) is 13.6 Å². The summed E-state index contributed by atoms with van der Waals surface area (Å²) in [4.78, 5) is 14.1. The molecule has 4 rings (SSSR count). The van der Waals surface area contributed by atoms with Gasteiger partial charge in [-0.25, -0.2) is 8.78 Å². The number of anilines is 2. The fraction of sp³-hybridized carbons (Fsp3) is 0.200. The monoisotopic (exact) mass is 432 g/mol. The number of hydrogen-bond donors (Lipinski definition) is 3. The maximum absolute atomic E-state index is 13.3. The lowest BCUT2D eigenvalue weighted by atomic mass is 10.2. The minimum Gasteiger partial charge on any atom is -0.457 e. The van der Waals surface area contributed by atoms with E-state index >= 15 is 0 Å². The second kappa shape index (κ2) is 8.64. The molecule has 0 amide bonds. The molecule has 7 nitrogen and oxygen atoms in total. The first-order chi connectivity index (χ1) is 14.5. The van der Waals surface area contributed by atoms with Crippen LogP contribution in [0.3, 0.4) is 0 Å². The van der Waals surface area contributed by atoms with Crippen LogP contribution >= 0.6 is 11.5 Å². The number of rotatable bonds is 5. The van der Waals surface area contributed by atoms with E-state index < -0.39 is 11.6 Å². The molecule has 2 aromatic carbocycles. The van der Waals surface area contributed by atoms with E-state index in [2.05, 4.69) is 9.69 Å². The van der Waals surface area contributed by atoms with Crippen LogP contribution in [-0.4, -0.2) is 41.4 Å². The summed E-state index contributed by atoms with van der Waals surface area (Å²) in [6.07, 6.45) is 0. The van der Waals surface area contributed by atoms with Gasteiger partial charge in [-0.1, -0.05) is 0 Å². The van der Waals surface area contributed by atoms with Gasteiger partial charge in [0.1, 0.15) is 39.5 Å². The molecule has 0 radical (unpaired) electrons. The number of H-pyrrole nitrogens is 1. The van der Waals surface area contributed by atoms with Gasteiger partial charge in [0.25, 0.3) is 5.56 Å². The largest absolute Gasteiger partial charge is 0.457 e. The molecule has 3 aromatic rings. The molecule has 1 aliphatic heterocycles. The van der Waals surface area contributed by atoms with Crippen molar-refractivity contribution in [1.29, 1.82) is 5.41 Å². The Labute approximate surface area is 174 Å². The van der Waals surface area contributed by atoms with Gasteiger partial charge in [0.05, 0.1) is 13.2 Å². The SMILES string of the molecule is N=C(c1c(Nc2ccc(Oc3cc(F)cc(F)c3)cc2)s[nH]c1=O)N1CCOCC1. The van der Waals surface area contributed by atoms with Crippen molar-refractivity contribution in [3.8, 4) is 11.5 Å². The van der Waals surface area contributed by atoms with E-state index in [1.165, 1.54) is 0 Å². The molecule has 30 heavy (non-hydrogen) atoms. The smallest absolute Gasteiger partial charge is 0.271 e. The van der Waals surface area contributed by atoms with Crippen LogP contribution < -0.4 is 15.6 Å². The average Bonchev–Trinajstić information content (AvgIpc) is 3.09. The zero-order chi connectivity index (χ0) is 21.1. The number of ether oxygens (including phenoxy) is 2. The van der Waals surface area contributed by atoms with Crippen LogP contribution in [0.1, 0.15) is 5.56 Å². The average molecular weight is 432 g/mol. The normalized spacial score (nSPS) is 13.9. The Balaban J connectivity index is 1.48. The van der Waals surface area contributed by atoms with Crippen molar-refractivity contribution in [3.05, 3.63) is 70.0 Å². The van der Waals surface area contributed by atoms with Crippen molar-refractivity contribution in [2.75, 3.05) is 31.6 Å². The van der Waals surface area contributed by atoms with Gasteiger partial charge >= 0.3 is 0 Å². The van der Waals surface area contributed by atoms with Crippen molar-refractivity contribution < 1.29 is 18.3 Å². The summed E-state index contributed by atoms with van der Waals surface area (Å²) in [5, 5.41) is 12.1. The molecule has 0 atom stereocenters. The number of hydrogen-bond acceptors (Lipinski definition) is 6. The first-order valence-corrected chi connectivity index (χ1v) is 9.95. The zero-order valence-corrected chi connectivity index (χ0v) is 16.5. The molecular weight excluding hydrogens is 414 g/mol. The maximum Gasteiger partial charge on any atom is 0.271 e. The van der Waals surface area contributed by atoms with Crippen molar-refractivity contribution in [3.63, 3.8) is 0 Å². The third-order valence-corrected chi connectivity index (χ3v) is 5.25. The van der Waals surface area contributed by atoms with E-state index in [1.807, 2.05) is 0 Å². The first-order valence-electron chi connectivity index (χ1n) is 9.14. The van der Waals surface area contributed by atoms with Crippen LogP contribution in [0.5, 0.6) is 11.5 Å². The molecule has 1 aliphatic rings. The minimum atomic E-state index is -0.721. The van der Waals surface area contributed by atoms with E-state index in [4.69, 9.17) is 14.9 Å². The quantitative estimate of drug-likeness (QED) is 0.420. The number of aromatic amines is 1. The number of morpholine rings is 1. The maximum atomic E-state index is 13.3. The topological polar surface area (TPSA) is 90.4 Å². The highest BCUT2D eigenvalue weighted by Crippen LogP contribution is 2.28.